The third-order valence-corrected chi connectivity index (χ3v) is 5.90. The molecule has 2 heterocycles. The van der Waals surface area contributed by atoms with Gasteiger partial charge in [-0.25, -0.2) is 13.4 Å². The van der Waals surface area contributed by atoms with Gasteiger partial charge in [0.15, 0.2) is 0 Å². The highest BCUT2D eigenvalue weighted by molar-refractivity contribution is 7.89. The molecule has 0 amide bonds. The van der Waals surface area contributed by atoms with E-state index in [0.29, 0.717) is 24.8 Å². The Hall–Kier alpha value is -1.14. The Kier molecular flexibility index (Phi) is 4.07. The van der Waals surface area contributed by atoms with Crippen molar-refractivity contribution in [2.45, 2.75) is 32.1 Å². The van der Waals surface area contributed by atoms with Crippen molar-refractivity contribution in [2.75, 3.05) is 25.5 Å². The SMILES string of the molecule is CNc1ncccc1S(=O)(=O)N1CCC(C(C)(C)C)C1. The number of hydrogen-bond acceptors (Lipinski definition) is 4. The molecule has 1 saturated heterocycles. The monoisotopic (exact) mass is 297 g/mol. The topological polar surface area (TPSA) is 62.3 Å². The summed E-state index contributed by atoms with van der Waals surface area (Å²) >= 11 is 0. The maximum atomic E-state index is 12.7. The number of nitrogens with zero attached hydrogens (tertiary/aromatic N) is 2. The second kappa shape index (κ2) is 5.33. The van der Waals surface area contributed by atoms with Gasteiger partial charge < -0.3 is 5.32 Å². The van der Waals surface area contributed by atoms with Crippen LogP contribution >= 0.6 is 0 Å². The second-order valence-electron chi connectivity index (χ2n) is 6.31. The van der Waals surface area contributed by atoms with Gasteiger partial charge in [-0.3, -0.25) is 0 Å². The van der Waals surface area contributed by atoms with E-state index < -0.39 is 10.0 Å². The van der Waals surface area contributed by atoms with Crippen molar-refractivity contribution >= 4 is 15.8 Å². The van der Waals surface area contributed by atoms with Gasteiger partial charge >= 0.3 is 0 Å². The molecule has 0 saturated carbocycles. The summed E-state index contributed by atoms with van der Waals surface area (Å²) in [7, 11) is -1.78. The van der Waals surface area contributed by atoms with Gasteiger partial charge in [0.2, 0.25) is 10.0 Å². The van der Waals surface area contributed by atoms with Crippen LogP contribution in [0.25, 0.3) is 0 Å². The molecule has 1 fully saturated rings. The van der Waals surface area contributed by atoms with Crippen LogP contribution in [0.3, 0.4) is 0 Å². The van der Waals surface area contributed by atoms with E-state index >= 15 is 0 Å². The summed E-state index contributed by atoms with van der Waals surface area (Å²) in [6, 6.07) is 3.27. The van der Waals surface area contributed by atoms with Crippen LogP contribution in [-0.2, 0) is 10.0 Å². The van der Waals surface area contributed by atoms with Crippen molar-refractivity contribution in [1.82, 2.24) is 9.29 Å². The lowest BCUT2D eigenvalue weighted by Crippen LogP contribution is -2.31. The maximum Gasteiger partial charge on any atom is 0.246 e. The number of nitrogens with one attached hydrogen (secondary N) is 1. The zero-order valence-corrected chi connectivity index (χ0v) is 13.4. The minimum atomic E-state index is -3.47. The fourth-order valence-electron chi connectivity index (χ4n) is 2.58. The first-order valence-corrected chi connectivity index (χ1v) is 8.33. The molecule has 1 aliphatic rings. The Bertz CT molecular complexity index is 578. The molecule has 1 aromatic heterocycles. The van der Waals surface area contributed by atoms with Gasteiger partial charge in [0, 0.05) is 26.3 Å². The largest absolute Gasteiger partial charge is 0.372 e. The molecule has 5 nitrogen and oxygen atoms in total. The molecule has 0 bridgehead atoms. The van der Waals surface area contributed by atoms with Crippen LogP contribution in [0.15, 0.2) is 23.2 Å². The summed E-state index contributed by atoms with van der Waals surface area (Å²) in [6.07, 6.45) is 2.50. The summed E-state index contributed by atoms with van der Waals surface area (Å²) < 4.78 is 27.0. The fourth-order valence-corrected chi connectivity index (χ4v) is 4.23. The molecule has 6 heteroatoms. The number of anilines is 1. The van der Waals surface area contributed by atoms with E-state index in [1.54, 1.807) is 29.7 Å². The molecule has 0 aliphatic carbocycles. The first-order valence-electron chi connectivity index (χ1n) is 6.89. The van der Waals surface area contributed by atoms with Crippen molar-refractivity contribution < 1.29 is 8.42 Å². The summed E-state index contributed by atoms with van der Waals surface area (Å²) in [6.45, 7) is 7.66. The molecule has 1 aromatic rings. The first kappa shape index (κ1) is 15.3. The molecule has 1 N–H and O–H groups in total. The number of rotatable bonds is 3. The van der Waals surface area contributed by atoms with Crippen molar-refractivity contribution in [2.24, 2.45) is 11.3 Å². The Labute approximate surface area is 121 Å². The van der Waals surface area contributed by atoms with Crippen LogP contribution in [0.2, 0.25) is 0 Å². The molecule has 2 rings (SSSR count). The van der Waals surface area contributed by atoms with Crippen LogP contribution in [0.1, 0.15) is 27.2 Å². The summed E-state index contributed by atoms with van der Waals surface area (Å²) in [5.74, 6) is 0.804. The van der Waals surface area contributed by atoms with Crippen molar-refractivity contribution in [3.63, 3.8) is 0 Å². The normalized spacial score (nSPS) is 21.1. The Morgan fingerprint density at radius 1 is 1.40 bits per heavy atom. The van der Waals surface area contributed by atoms with Crippen molar-refractivity contribution in [1.29, 1.82) is 0 Å². The van der Waals surface area contributed by atoms with E-state index in [2.05, 4.69) is 31.1 Å². The number of pyridine rings is 1. The lowest BCUT2D eigenvalue weighted by molar-refractivity contribution is 0.252. The predicted octanol–water partition coefficient (Wildman–Crippen LogP) is 2.18. The molecule has 0 aromatic carbocycles. The van der Waals surface area contributed by atoms with Crippen LogP contribution in [0.5, 0.6) is 0 Å². The van der Waals surface area contributed by atoms with Crippen molar-refractivity contribution in [3.8, 4) is 0 Å². The molecule has 0 spiro atoms. The lowest BCUT2D eigenvalue weighted by atomic mass is 9.80. The Balaban J connectivity index is 2.29. The molecule has 112 valence electrons. The van der Waals surface area contributed by atoms with Crippen LogP contribution in [0, 0.1) is 11.3 Å². The zero-order chi connectivity index (χ0) is 15.0. The van der Waals surface area contributed by atoms with E-state index in [-0.39, 0.29) is 10.3 Å². The standard InChI is InChI=1S/C14H23N3O2S/c1-14(2,3)11-7-9-17(10-11)20(18,19)12-6-5-8-16-13(12)15-4/h5-6,8,11H,7,9-10H2,1-4H3,(H,15,16). The molecular weight excluding hydrogens is 274 g/mol. The van der Waals surface area contributed by atoms with Crippen molar-refractivity contribution in [3.05, 3.63) is 18.3 Å². The van der Waals surface area contributed by atoms with Gasteiger partial charge in [-0.2, -0.15) is 4.31 Å². The summed E-state index contributed by atoms with van der Waals surface area (Å²) in [5, 5.41) is 2.85. The minimum absolute atomic E-state index is 0.130. The predicted molar refractivity (Wildman–Crippen MR) is 80.1 cm³/mol. The van der Waals surface area contributed by atoms with E-state index in [9.17, 15) is 8.42 Å². The lowest BCUT2D eigenvalue weighted by Gasteiger charge is -2.27. The van der Waals surface area contributed by atoms with Gasteiger partial charge in [-0.15, -0.1) is 0 Å². The molecule has 20 heavy (non-hydrogen) atoms. The summed E-state index contributed by atoms with van der Waals surface area (Å²) in [5.41, 5.74) is 0.130. The minimum Gasteiger partial charge on any atom is -0.372 e. The second-order valence-corrected chi connectivity index (χ2v) is 8.22. The average molecular weight is 297 g/mol. The maximum absolute atomic E-state index is 12.7. The van der Waals surface area contributed by atoms with Gasteiger partial charge in [-0.05, 0) is 29.9 Å². The number of sulfonamides is 1. The average Bonchev–Trinajstić information content (AvgIpc) is 2.88. The smallest absolute Gasteiger partial charge is 0.246 e. The molecular formula is C14H23N3O2S. The highest BCUT2D eigenvalue weighted by atomic mass is 32.2. The van der Waals surface area contributed by atoms with Gasteiger partial charge in [0.05, 0.1) is 0 Å². The molecule has 1 aliphatic heterocycles. The molecule has 1 atom stereocenters. The summed E-state index contributed by atoms with van der Waals surface area (Å²) in [4.78, 5) is 4.35. The van der Waals surface area contributed by atoms with E-state index in [4.69, 9.17) is 0 Å². The van der Waals surface area contributed by atoms with E-state index in [1.807, 2.05) is 0 Å². The quantitative estimate of drug-likeness (QED) is 0.929. The fraction of sp³-hybridized carbons (Fsp3) is 0.643. The molecule has 1 unspecified atom stereocenters. The van der Waals surface area contributed by atoms with Gasteiger partial charge in [0.1, 0.15) is 10.7 Å². The van der Waals surface area contributed by atoms with Crippen LogP contribution in [-0.4, -0.2) is 37.8 Å². The first-order chi connectivity index (χ1) is 9.26. The highest BCUT2D eigenvalue weighted by Gasteiger charge is 2.38. The van der Waals surface area contributed by atoms with Gasteiger partial charge in [-0.1, -0.05) is 20.8 Å². The van der Waals surface area contributed by atoms with E-state index in [0.717, 1.165) is 6.42 Å². The Morgan fingerprint density at radius 2 is 2.10 bits per heavy atom. The third kappa shape index (κ3) is 2.81. The zero-order valence-electron chi connectivity index (χ0n) is 12.5. The van der Waals surface area contributed by atoms with Crippen LogP contribution in [0.4, 0.5) is 5.82 Å². The van der Waals surface area contributed by atoms with E-state index in [1.165, 1.54) is 0 Å². The third-order valence-electron chi connectivity index (χ3n) is 4.00. The Morgan fingerprint density at radius 3 is 2.65 bits per heavy atom. The highest BCUT2D eigenvalue weighted by Crippen LogP contribution is 2.36. The van der Waals surface area contributed by atoms with Gasteiger partial charge in [0.25, 0.3) is 0 Å². The van der Waals surface area contributed by atoms with Crippen LogP contribution < -0.4 is 5.32 Å². The molecule has 0 radical (unpaired) electrons. The number of aromatic nitrogens is 1. The number of hydrogen-bond donors (Lipinski definition) is 1.